The topological polar surface area (TPSA) is 84.5 Å². The molecule has 8 heteroatoms. The van der Waals surface area contributed by atoms with E-state index in [-0.39, 0.29) is 23.9 Å². The second kappa shape index (κ2) is 8.39. The number of benzene rings is 2. The fraction of sp³-hybridized carbons (Fsp3) is 0.316. The number of hydrogen-bond donors (Lipinski definition) is 2. The molecule has 0 saturated carbocycles. The normalized spacial score (nSPS) is 19.2. The summed E-state index contributed by atoms with van der Waals surface area (Å²) >= 11 is 0. The molecule has 1 heterocycles. The first-order valence-corrected chi connectivity index (χ1v) is 10.4. The van der Waals surface area contributed by atoms with Gasteiger partial charge < -0.3 is 15.4 Å². The molecule has 0 aliphatic carbocycles. The van der Waals surface area contributed by atoms with Gasteiger partial charge in [-0.1, -0.05) is 42.5 Å². The van der Waals surface area contributed by atoms with Crippen molar-refractivity contribution < 1.29 is 22.3 Å². The molecule has 2 N–H and O–H groups in total. The van der Waals surface area contributed by atoms with Gasteiger partial charge in [-0.15, -0.1) is 0 Å². The molecule has 0 aromatic heterocycles. The molecule has 2 aromatic rings. The standard InChI is InChI=1S/C19H21FN2O4S/c20-16-8-4-5-9-18(16)26-12-17(14-6-2-1-3-7-14)22-19(23)21-15-10-11-27(24,25)13-15/h1-9,15,17H,10-13H2,(H2,21,22,23)/t15-,17+/m0/s1. The Bertz CT molecular complexity index is 890. The van der Waals surface area contributed by atoms with Gasteiger partial charge in [0.15, 0.2) is 21.4 Å². The lowest BCUT2D eigenvalue weighted by molar-refractivity contribution is 0.219. The van der Waals surface area contributed by atoms with Gasteiger partial charge in [-0.25, -0.2) is 17.6 Å². The van der Waals surface area contributed by atoms with Crippen molar-refractivity contribution in [1.29, 1.82) is 0 Å². The Morgan fingerprint density at radius 3 is 2.52 bits per heavy atom. The monoisotopic (exact) mass is 392 g/mol. The molecule has 0 bridgehead atoms. The van der Waals surface area contributed by atoms with E-state index in [0.29, 0.717) is 6.42 Å². The van der Waals surface area contributed by atoms with Crippen molar-refractivity contribution in [2.45, 2.75) is 18.5 Å². The van der Waals surface area contributed by atoms with Gasteiger partial charge in [0.05, 0.1) is 17.5 Å². The Morgan fingerprint density at radius 1 is 1.15 bits per heavy atom. The Morgan fingerprint density at radius 2 is 1.85 bits per heavy atom. The number of hydrogen-bond acceptors (Lipinski definition) is 4. The van der Waals surface area contributed by atoms with Crippen LogP contribution in [-0.4, -0.2) is 38.6 Å². The van der Waals surface area contributed by atoms with E-state index in [9.17, 15) is 17.6 Å². The molecule has 1 fully saturated rings. The first-order chi connectivity index (χ1) is 12.9. The molecule has 0 radical (unpaired) electrons. The number of carbonyl (C=O) groups excluding carboxylic acids is 1. The summed E-state index contributed by atoms with van der Waals surface area (Å²) in [5.41, 5.74) is 0.794. The number of rotatable bonds is 6. The predicted molar refractivity (Wildman–Crippen MR) is 99.8 cm³/mol. The molecule has 2 amide bonds. The number of carbonyl (C=O) groups is 1. The van der Waals surface area contributed by atoms with Gasteiger partial charge in [0.1, 0.15) is 6.61 Å². The molecular formula is C19H21FN2O4S. The maximum atomic E-state index is 13.8. The van der Waals surface area contributed by atoms with E-state index in [0.717, 1.165) is 5.56 Å². The van der Waals surface area contributed by atoms with Gasteiger partial charge >= 0.3 is 6.03 Å². The minimum Gasteiger partial charge on any atom is -0.488 e. The molecule has 2 atom stereocenters. The van der Waals surface area contributed by atoms with E-state index in [4.69, 9.17) is 4.74 Å². The zero-order chi connectivity index (χ0) is 19.3. The molecule has 1 aliphatic rings. The Kier molecular flexibility index (Phi) is 5.95. The summed E-state index contributed by atoms with van der Waals surface area (Å²) in [6.07, 6.45) is 0.400. The molecule has 1 aliphatic heterocycles. The van der Waals surface area contributed by atoms with Crippen LogP contribution in [0.1, 0.15) is 18.0 Å². The highest BCUT2D eigenvalue weighted by molar-refractivity contribution is 7.91. The first-order valence-electron chi connectivity index (χ1n) is 8.63. The van der Waals surface area contributed by atoms with Crippen LogP contribution in [0.15, 0.2) is 54.6 Å². The maximum absolute atomic E-state index is 13.8. The van der Waals surface area contributed by atoms with Crippen molar-refractivity contribution in [2.75, 3.05) is 18.1 Å². The second-order valence-electron chi connectivity index (χ2n) is 6.42. The number of sulfone groups is 1. The minimum atomic E-state index is -3.08. The molecule has 6 nitrogen and oxygen atoms in total. The summed E-state index contributed by atoms with van der Waals surface area (Å²) in [6.45, 7) is 0.0291. The van der Waals surface area contributed by atoms with Crippen molar-refractivity contribution in [3.63, 3.8) is 0 Å². The number of nitrogens with one attached hydrogen (secondary N) is 2. The Balaban J connectivity index is 1.65. The fourth-order valence-electron chi connectivity index (χ4n) is 2.94. The Hall–Kier alpha value is -2.61. The average Bonchev–Trinajstić information content (AvgIpc) is 2.99. The van der Waals surface area contributed by atoms with Crippen LogP contribution < -0.4 is 15.4 Å². The van der Waals surface area contributed by atoms with Gasteiger partial charge in [-0.05, 0) is 24.1 Å². The van der Waals surface area contributed by atoms with Crippen LogP contribution in [0.25, 0.3) is 0 Å². The third-order valence-corrected chi connectivity index (χ3v) is 6.09. The van der Waals surface area contributed by atoms with Crippen LogP contribution in [-0.2, 0) is 9.84 Å². The lowest BCUT2D eigenvalue weighted by Crippen LogP contribution is -2.45. The lowest BCUT2D eigenvalue weighted by Gasteiger charge is -2.21. The van der Waals surface area contributed by atoms with E-state index in [1.54, 1.807) is 12.1 Å². The zero-order valence-electron chi connectivity index (χ0n) is 14.6. The number of ether oxygens (including phenoxy) is 1. The van der Waals surface area contributed by atoms with Gasteiger partial charge in [-0.2, -0.15) is 0 Å². The maximum Gasteiger partial charge on any atom is 0.315 e. The van der Waals surface area contributed by atoms with Crippen molar-refractivity contribution >= 4 is 15.9 Å². The number of halogens is 1. The van der Waals surface area contributed by atoms with Crippen molar-refractivity contribution in [1.82, 2.24) is 10.6 Å². The first kappa shape index (κ1) is 19.2. The summed E-state index contributed by atoms with van der Waals surface area (Å²) in [4.78, 5) is 12.3. The summed E-state index contributed by atoms with van der Waals surface area (Å²) < 4.78 is 42.4. The van der Waals surface area contributed by atoms with Crippen molar-refractivity contribution in [3.8, 4) is 5.75 Å². The molecule has 2 aromatic carbocycles. The second-order valence-corrected chi connectivity index (χ2v) is 8.65. The Labute approximate surface area is 157 Å². The highest BCUT2D eigenvalue weighted by atomic mass is 32.2. The van der Waals surface area contributed by atoms with E-state index in [2.05, 4.69) is 10.6 Å². The number of urea groups is 1. The van der Waals surface area contributed by atoms with Crippen LogP contribution in [0, 0.1) is 5.82 Å². The average molecular weight is 392 g/mol. The quantitative estimate of drug-likeness (QED) is 0.791. The van der Waals surface area contributed by atoms with Gasteiger partial charge in [0.2, 0.25) is 0 Å². The molecular weight excluding hydrogens is 371 g/mol. The third-order valence-electron chi connectivity index (χ3n) is 4.32. The van der Waals surface area contributed by atoms with Gasteiger partial charge in [0.25, 0.3) is 0 Å². The van der Waals surface area contributed by atoms with Crippen LogP contribution in [0.5, 0.6) is 5.75 Å². The molecule has 0 spiro atoms. The minimum absolute atomic E-state index is 0.0291. The third kappa shape index (κ3) is 5.43. The van der Waals surface area contributed by atoms with Crippen LogP contribution in [0.4, 0.5) is 9.18 Å². The molecule has 0 unspecified atom stereocenters. The largest absolute Gasteiger partial charge is 0.488 e. The molecule has 1 saturated heterocycles. The summed E-state index contributed by atoms with van der Waals surface area (Å²) in [5, 5.41) is 5.47. The van der Waals surface area contributed by atoms with Crippen molar-refractivity contribution in [2.24, 2.45) is 0 Å². The van der Waals surface area contributed by atoms with E-state index in [1.165, 1.54) is 12.1 Å². The summed E-state index contributed by atoms with van der Waals surface area (Å²) in [5.74, 6) is -0.356. The van der Waals surface area contributed by atoms with Crippen LogP contribution in [0.2, 0.25) is 0 Å². The number of para-hydroxylation sites is 1. The fourth-order valence-corrected chi connectivity index (χ4v) is 4.61. The molecule has 144 valence electrons. The molecule has 3 rings (SSSR count). The summed E-state index contributed by atoms with van der Waals surface area (Å²) in [6, 6.07) is 13.8. The highest BCUT2D eigenvalue weighted by Crippen LogP contribution is 2.19. The van der Waals surface area contributed by atoms with Gasteiger partial charge in [0, 0.05) is 6.04 Å². The molecule has 27 heavy (non-hydrogen) atoms. The van der Waals surface area contributed by atoms with Crippen LogP contribution in [0.3, 0.4) is 0 Å². The predicted octanol–water partition coefficient (Wildman–Crippen LogP) is 2.43. The highest BCUT2D eigenvalue weighted by Gasteiger charge is 2.29. The smallest absolute Gasteiger partial charge is 0.315 e. The van der Waals surface area contributed by atoms with E-state index >= 15 is 0 Å². The zero-order valence-corrected chi connectivity index (χ0v) is 15.4. The SMILES string of the molecule is O=C(N[C@H]1CCS(=O)(=O)C1)N[C@H](COc1ccccc1F)c1ccccc1. The van der Waals surface area contributed by atoms with E-state index in [1.807, 2.05) is 30.3 Å². The van der Waals surface area contributed by atoms with Gasteiger partial charge in [-0.3, -0.25) is 0 Å². The lowest BCUT2D eigenvalue weighted by atomic mass is 10.1. The summed E-state index contributed by atoms with van der Waals surface area (Å²) in [7, 11) is -3.08. The van der Waals surface area contributed by atoms with E-state index < -0.39 is 33.8 Å². The van der Waals surface area contributed by atoms with Crippen LogP contribution >= 0.6 is 0 Å². The number of amides is 2. The van der Waals surface area contributed by atoms with Crippen molar-refractivity contribution in [3.05, 3.63) is 66.0 Å².